The molecule has 0 bridgehead atoms. The van der Waals surface area contributed by atoms with Gasteiger partial charge in [-0.15, -0.1) is 0 Å². The molecule has 0 spiro atoms. The van der Waals surface area contributed by atoms with Crippen molar-refractivity contribution in [3.05, 3.63) is 53.6 Å². The average Bonchev–Trinajstić information content (AvgIpc) is 2.99. The third-order valence-electron chi connectivity index (χ3n) is 5.46. The predicted octanol–water partition coefficient (Wildman–Crippen LogP) is 4.27. The number of urea groups is 1. The van der Waals surface area contributed by atoms with Crippen LogP contribution in [0.2, 0.25) is 0 Å². The summed E-state index contributed by atoms with van der Waals surface area (Å²) in [4.78, 5) is 39.3. The van der Waals surface area contributed by atoms with E-state index in [9.17, 15) is 14.4 Å². The Morgan fingerprint density at radius 3 is 2.21 bits per heavy atom. The fraction of sp³-hybridized carbons (Fsp3) is 0.318. The maximum Gasteiger partial charge on any atom is 0.323 e. The summed E-state index contributed by atoms with van der Waals surface area (Å²) in [7, 11) is 1.57. The first-order valence-corrected chi connectivity index (χ1v) is 9.81. The first kappa shape index (κ1) is 19.0. The molecular weight excluding hydrogens is 370 g/mol. The molecule has 2 aromatic rings. The molecule has 4 amide bonds. The van der Waals surface area contributed by atoms with E-state index in [4.69, 9.17) is 4.74 Å². The lowest BCUT2D eigenvalue weighted by Gasteiger charge is -2.29. The van der Waals surface area contributed by atoms with Crippen LogP contribution < -0.4 is 15.4 Å². The van der Waals surface area contributed by atoms with Crippen LogP contribution in [0.1, 0.15) is 52.8 Å². The van der Waals surface area contributed by atoms with Gasteiger partial charge in [0.15, 0.2) is 0 Å². The second-order valence-corrected chi connectivity index (χ2v) is 7.34. The van der Waals surface area contributed by atoms with Gasteiger partial charge >= 0.3 is 6.03 Å². The van der Waals surface area contributed by atoms with Crippen molar-refractivity contribution in [3.63, 3.8) is 0 Å². The van der Waals surface area contributed by atoms with Crippen molar-refractivity contribution in [3.8, 4) is 5.75 Å². The zero-order valence-corrected chi connectivity index (χ0v) is 16.2. The van der Waals surface area contributed by atoms with Crippen LogP contribution in [0.25, 0.3) is 0 Å². The van der Waals surface area contributed by atoms with Crippen LogP contribution in [0, 0.1) is 0 Å². The zero-order chi connectivity index (χ0) is 20.4. The molecule has 1 fully saturated rings. The first-order valence-electron chi connectivity index (χ1n) is 9.81. The normalized spacial score (nSPS) is 16.5. The van der Waals surface area contributed by atoms with Crippen LogP contribution in [0.4, 0.5) is 16.2 Å². The van der Waals surface area contributed by atoms with Gasteiger partial charge in [0, 0.05) is 17.4 Å². The van der Waals surface area contributed by atoms with E-state index in [-0.39, 0.29) is 17.9 Å². The lowest BCUT2D eigenvalue weighted by Crippen LogP contribution is -2.40. The maximum absolute atomic E-state index is 12.9. The van der Waals surface area contributed by atoms with Crippen molar-refractivity contribution < 1.29 is 19.1 Å². The van der Waals surface area contributed by atoms with Gasteiger partial charge in [-0.05, 0) is 55.3 Å². The summed E-state index contributed by atoms with van der Waals surface area (Å²) < 4.78 is 5.09. The average molecular weight is 393 g/mol. The molecule has 2 aliphatic rings. The van der Waals surface area contributed by atoms with Crippen LogP contribution >= 0.6 is 0 Å². The second kappa shape index (κ2) is 7.95. The van der Waals surface area contributed by atoms with E-state index in [2.05, 4.69) is 10.6 Å². The van der Waals surface area contributed by atoms with Crippen molar-refractivity contribution >= 4 is 29.2 Å². The molecular formula is C22H23N3O4. The summed E-state index contributed by atoms with van der Waals surface area (Å²) in [5, 5.41) is 5.44. The maximum atomic E-state index is 12.9. The minimum atomic E-state index is -0.434. The zero-order valence-electron chi connectivity index (χ0n) is 16.2. The number of hydrogen-bond acceptors (Lipinski definition) is 4. The molecule has 1 saturated carbocycles. The number of imide groups is 1. The topological polar surface area (TPSA) is 87.7 Å². The van der Waals surface area contributed by atoms with Gasteiger partial charge in [0.05, 0.1) is 18.2 Å². The van der Waals surface area contributed by atoms with Gasteiger partial charge in [-0.1, -0.05) is 19.3 Å². The molecule has 0 radical (unpaired) electrons. The van der Waals surface area contributed by atoms with E-state index in [1.807, 2.05) is 0 Å². The number of ether oxygens (including phenoxy) is 1. The molecule has 7 nitrogen and oxygen atoms in total. The summed E-state index contributed by atoms with van der Waals surface area (Å²) in [5.41, 5.74) is 1.82. The van der Waals surface area contributed by atoms with Crippen molar-refractivity contribution in [1.82, 2.24) is 4.90 Å². The van der Waals surface area contributed by atoms with E-state index >= 15 is 0 Å². The van der Waals surface area contributed by atoms with Crippen molar-refractivity contribution in [2.45, 2.75) is 38.1 Å². The highest BCUT2D eigenvalue weighted by Gasteiger charge is 2.40. The number of hydrogen-bond donors (Lipinski definition) is 2. The molecule has 0 atom stereocenters. The van der Waals surface area contributed by atoms with Crippen LogP contribution in [0.5, 0.6) is 5.75 Å². The number of rotatable bonds is 4. The minimum Gasteiger partial charge on any atom is -0.497 e. The molecule has 4 rings (SSSR count). The molecule has 2 aromatic carbocycles. The van der Waals surface area contributed by atoms with E-state index in [0.717, 1.165) is 32.1 Å². The van der Waals surface area contributed by atoms with E-state index in [1.54, 1.807) is 49.6 Å². The fourth-order valence-electron chi connectivity index (χ4n) is 3.98. The number of benzene rings is 2. The Hall–Kier alpha value is -3.35. The Balaban J connectivity index is 1.46. The quantitative estimate of drug-likeness (QED) is 0.760. The van der Waals surface area contributed by atoms with Gasteiger partial charge in [0.2, 0.25) is 0 Å². The highest BCUT2D eigenvalue weighted by molar-refractivity contribution is 6.22. The predicted molar refractivity (Wildman–Crippen MR) is 109 cm³/mol. The molecule has 2 N–H and O–H groups in total. The molecule has 150 valence electrons. The Kier molecular flexibility index (Phi) is 5.20. The number of methoxy groups -OCH3 is 1. The molecule has 1 aliphatic carbocycles. The van der Waals surface area contributed by atoms with Gasteiger partial charge in [0.25, 0.3) is 11.8 Å². The highest BCUT2D eigenvalue weighted by Crippen LogP contribution is 2.32. The van der Waals surface area contributed by atoms with Crippen LogP contribution in [-0.4, -0.2) is 35.9 Å². The Morgan fingerprint density at radius 1 is 0.897 bits per heavy atom. The van der Waals surface area contributed by atoms with E-state index in [0.29, 0.717) is 28.3 Å². The Bertz CT molecular complexity index is 949. The van der Waals surface area contributed by atoms with Gasteiger partial charge < -0.3 is 15.4 Å². The van der Waals surface area contributed by atoms with Crippen molar-refractivity contribution in [2.24, 2.45) is 0 Å². The van der Waals surface area contributed by atoms with Crippen LogP contribution in [0.15, 0.2) is 42.5 Å². The standard InChI is InChI=1S/C22H23N3O4/c1-29-17-10-7-14(8-11-17)23-22(28)24-15-9-12-18-19(13-15)21(27)25(20(18)26)16-5-3-2-4-6-16/h7-13,16H,2-6H2,1H3,(H2,23,24,28). The number of carbonyl (C=O) groups excluding carboxylic acids is 3. The fourth-order valence-corrected chi connectivity index (χ4v) is 3.98. The summed E-state index contributed by atoms with van der Waals surface area (Å²) >= 11 is 0. The van der Waals surface area contributed by atoms with Gasteiger partial charge in [0.1, 0.15) is 5.75 Å². The number of nitrogens with zero attached hydrogens (tertiary/aromatic N) is 1. The van der Waals surface area contributed by atoms with Gasteiger partial charge in [-0.2, -0.15) is 0 Å². The van der Waals surface area contributed by atoms with Crippen molar-refractivity contribution in [1.29, 1.82) is 0 Å². The summed E-state index contributed by atoms with van der Waals surface area (Å²) in [6, 6.07) is 11.3. The van der Waals surface area contributed by atoms with Crippen LogP contribution in [0.3, 0.4) is 0 Å². The summed E-state index contributed by atoms with van der Waals surface area (Å²) in [6.07, 6.45) is 4.95. The molecule has 1 aliphatic heterocycles. The van der Waals surface area contributed by atoms with Gasteiger partial charge in [-0.3, -0.25) is 14.5 Å². The van der Waals surface area contributed by atoms with Crippen molar-refractivity contribution in [2.75, 3.05) is 17.7 Å². The number of anilines is 2. The van der Waals surface area contributed by atoms with E-state index in [1.165, 1.54) is 4.90 Å². The highest BCUT2D eigenvalue weighted by atomic mass is 16.5. The molecule has 29 heavy (non-hydrogen) atoms. The number of carbonyl (C=O) groups is 3. The number of amides is 4. The molecule has 0 saturated heterocycles. The number of nitrogens with one attached hydrogen (secondary N) is 2. The number of fused-ring (bicyclic) bond motifs is 1. The first-order chi connectivity index (χ1) is 14.1. The van der Waals surface area contributed by atoms with Gasteiger partial charge in [-0.25, -0.2) is 4.79 Å². The molecule has 1 heterocycles. The van der Waals surface area contributed by atoms with Crippen LogP contribution in [-0.2, 0) is 0 Å². The monoisotopic (exact) mass is 393 g/mol. The minimum absolute atomic E-state index is 0.0223. The summed E-state index contributed by atoms with van der Waals surface area (Å²) in [5.74, 6) is 0.197. The Morgan fingerprint density at radius 2 is 1.52 bits per heavy atom. The molecule has 0 unspecified atom stereocenters. The summed E-state index contributed by atoms with van der Waals surface area (Å²) in [6.45, 7) is 0. The smallest absolute Gasteiger partial charge is 0.323 e. The lowest BCUT2D eigenvalue weighted by molar-refractivity contribution is 0.0549. The van der Waals surface area contributed by atoms with E-state index < -0.39 is 6.03 Å². The molecule has 0 aromatic heterocycles. The second-order valence-electron chi connectivity index (χ2n) is 7.34. The lowest BCUT2D eigenvalue weighted by atomic mass is 9.94. The third kappa shape index (κ3) is 3.81. The largest absolute Gasteiger partial charge is 0.497 e. The third-order valence-corrected chi connectivity index (χ3v) is 5.46. The Labute approximate surface area is 169 Å². The molecule has 7 heteroatoms. The SMILES string of the molecule is COc1ccc(NC(=O)Nc2ccc3c(c2)C(=O)N(C2CCCCC2)C3=O)cc1.